The molecule has 2 saturated carbocycles. The summed E-state index contributed by atoms with van der Waals surface area (Å²) in [6.45, 7) is 7.65. The smallest absolute Gasteiger partial charge is 0.293 e. The monoisotopic (exact) mass is 848 g/mol. The van der Waals surface area contributed by atoms with Crippen molar-refractivity contribution in [3.05, 3.63) is 106 Å². The van der Waals surface area contributed by atoms with Crippen molar-refractivity contribution in [2.75, 3.05) is 36.4 Å². The molecule has 5 aromatic rings. The fourth-order valence-electron chi connectivity index (χ4n) is 9.99. The lowest BCUT2D eigenvalue weighted by Crippen LogP contribution is -2.55. The lowest BCUT2D eigenvalue weighted by molar-refractivity contribution is -0.384. The number of carbonyl (C=O) groups excluding carboxylic acids is 1. The van der Waals surface area contributed by atoms with Gasteiger partial charge in [-0.15, -0.1) is 0 Å². The highest BCUT2D eigenvalue weighted by atomic mass is 32.2. The molecule has 1 atom stereocenters. The molecule has 4 N–H and O–H groups in total. The Balaban J connectivity index is 0.905. The maximum Gasteiger partial charge on any atom is 0.293 e. The molecule has 320 valence electrons. The molecule has 2 aliphatic heterocycles. The molecule has 2 saturated heterocycles. The van der Waals surface area contributed by atoms with E-state index in [1.165, 1.54) is 61.3 Å². The predicted molar refractivity (Wildman–Crippen MR) is 231 cm³/mol. The Morgan fingerprint density at radius 2 is 1.84 bits per heavy atom. The van der Waals surface area contributed by atoms with Crippen molar-refractivity contribution in [1.29, 1.82) is 0 Å². The summed E-state index contributed by atoms with van der Waals surface area (Å²) in [5, 5.41) is 25.4. The van der Waals surface area contributed by atoms with Crippen LogP contribution in [0.4, 0.5) is 17.2 Å². The number of nitrogens with zero attached hydrogens (tertiary/aromatic N) is 5. The quantitative estimate of drug-likeness (QED) is 0.0668. The highest BCUT2D eigenvalue weighted by molar-refractivity contribution is 7.90. The number of rotatable bonds is 13. The maximum atomic E-state index is 13.9. The second-order valence-corrected chi connectivity index (χ2v) is 19.4. The summed E-state index contributed by atoms with van der Waals surface area (Å²) in [4.78, 5) is 41.8. The van der Waals surface area contributed by atoms with Gasteiger partial charge in [-0.1, -0.05) is 38.1 Å². The Bertz CT molecular complexity index is 2560. The molecule has 0 bridgehead atoms. The van der Waals surface area contributed by atoms with E-state index in [-0.39, 0.29) is 34.4 Å². The van der Waals surface area contributed by atoms with Gasteiger partial charge in [0.1, 0.15) is 34.2 Å². The number of nitro groups is 1. The molecule has 3 aromatic heterocycles. The van der Waals surface area contributed by atoms with E-state index in [4.69, 9.17) is 4.74 Å². The number of ether oxygens (including phenoxy) is 1. The predicted octanol–water partition coefficient (Wildman–Crippen LogP) is 7.67. The number of piperidine rings is 1. The number of fused-ring (bicyclic) bond motifs is 1. The summed E-state index contributed by atoms with van der Waals surface area (Å²) in [5.74, 6) is 0.673. The molecule has 5 heterocycles. The molecule has 2 aliphatic carbocycles. The second kappa shape index (κ2) is 16.4. The molecule has 0 radical (unpaired) electrons. The summed E-state index contributed by atoms with van der Waals surface area (Å²) in [7, 11) is -4.58. The summed E-state index contributed by atoms with van der Waals surface area (Å²) in [5.41, 5.74) is 3.44. The van der Waals surface area contributed by atoms with Crippen LogP contribution >= 0.6 is 0 Å². The number of aliphatic hydroxyl groups is 1. The van der Waals surface area contributed by atoms with Crippen LogP contribution < -0.4 is 19.7 Å². The zero-order valence-corrected chi connectivity index (χ0v) is 35.2. The number of sulfonamides is 1. The number of anilines is 2. The molecular formula is C45H52N8O7S. The van der Waals surface area contributed by atoms with E-state index >= 15 is 0 Å². The lowest BCUT2D eigenvalue weighted by atomic mass is 9.60. The Morgan fingerprint density at radius 1 is 1.05 bits per heavy atom. The molecule has 4 aliphatic rings. The topological polar surface area (TPSA) is 196 Å². The third-order valence-corrected chi connectivity index (χ3v) is 14.7. The molecule has 16 heteroatoms. The average Bonchev–Trinajstić information content (AvgIpc) is 3.91. The first-order valence-corrected chi connectivity index (χ1v) is 22.8. The largest absolute Gasteiger partial charge is 0.455 e. The van der Waals surface area contributed by atoms with Gasteiger partial charge in [-0.25, -0.2) is 23.1 Å². The van der Waals surface area contributed by atoms with Gasteiger partial charge in [0.2, 0.25) is 0 Å². The summed E-state index contributed by atoms with van der Waals surface area (Å²) in [6, 6.07) is 18.7. The lowest BCUT2D eigenvalue weighted by Gasteiger charge is -2.56. The molecule has 9 rings (SSSR count). The zero-order chi connectivity index (χ0) is 42.5. The number of amides is 1. The van der Waals surface area contributed by atoms with Crippen molar-refractivity contribution in [1.82, 2.24) is 24.6 Å². The number of likely N-dealkylation sites (tertiary alicyclic amines) is 1. The number of carbonyl (C=O) groups is 1. The van der Waals surface area contributed by atoms with Gasteiger partial charge in [0.15, 0.2) is 0 Å². The number of benzene rings is 2. The Labute approximate surface area is 355 Å². The number of pyridine rings is 2. The van der Waals surface area contributed by atoms with Crippen molar-refractivity contribution >= 4 is 44.2 Å². The van der Waals surface area contributed by atoms with Crippen LogP contribution in [0, 0.1) is 21.4 Å². The van der Waals surface area contributed by atoms with Crippen LogP contribution in [0.15, 0.2) is 84.1 Å². The standard InChI is InChI=1S/C45H52N8O7S/c1-28(2)35-6-3-4-7-36(35)39-8-5-15-52(39)31-23-45(24-31)12-16-51(17-13-45)42-22-41(60-33-20-30-11-14-46-43(30)49-26-33)37(27-48-42)44(55)50-61(58,59)34-9-10-38(40(21-34)53(56)57)47-25-29-18-32(54)19-29/h3-4,6-7,9-11,14,20-22,26-29,31-32,39,47,54H,5,8,12-13,15-19,23-25H2,1-2H3,(H,46,49)(H,50,55)/t29?,32?,39-/m0/s1. The third-order valence-electron chi connectivity index (χ3n) is 13.4. The van der Waals surface area contributed by atoms with Crippen molar-refractivity contribution < 1.29 is 28.0 Å². The maximum absolute atomic E-state index is 13.9. The fourth-order valence-corrected chi connectivity index (χ4v) is 11.0. The summed E-state index contributed by atoms with van der Waals surface area (Å²) in [6.07, 6.45) is 12.2. The first-order valence-electron chi connectivity index (χ1n) is 21.3. The highest BCUT2D eigenvalue weighted by Gasteiger charge is 2.50. The van der Waals surface area contributed by atoms with Crippen LogP contribution in [0.25, 0.3) is 11.0 Å². The van der Waals surface area contributed by atoms with Gasteiger partial charge in [-0.3, -0.25) is 19.8 Å². The Kier molecular flexibility index (Phi) is 10.9. The fraction of sp³-hybridized carbons (Fsp3) is 0.444. The van der Waals surface area contributed by atoms with E-state index in [1.807, 2.05) is 6.07 Å². The third kappa shape index (κ3) is 8.28. The minimum Gasteiger partial charge on any atom is -0.455 e. The Hall–Kier alpha value is -5.58. The van der Waals surface area contributed by atoms with Gasteiger partial charge in [0.25, 0.3) is 21.6 Å². The first-order chi connectivity index (χ1) is 29.3. The van der Waals surface area contributed by atoms with Crippen LogP contribution in [0.3, 0.4) is 0 Å². The number of hydrogen-bond donors (Lipinski definition) is 4. The van der Waals surface area contributed by atoms with E-state index < -0.39 is 31.4 Å². The van der Waals surface area contributed by atoms with E-state index in [0.29, 0.717) is 54.6 Å². The van der Waals surface area contributed by atoms with Crippen molar-refractivity contribution in [3.8, 4) is 11.5 Å². The Morgan fingerprint density at radius 3 is 2.59 bits per heavy atom. The van der Waals surface area contributed by atoms with Crippen LogP contribution in [0.2, 0.25) is 0 Å². The van der Waals surface area contributed by atoms with Gasteiger partial charge < -0.3 is 25.0 Å². The van der Waals surface area contributed by atoms with Crippen LogP contribution in [-0.2, 0) is 10.0 Å². The van der Waals surface area contributed by atoms with Crippen molar-refractivity contribution in [3.63, 3.8) is 0 Å². The molecule has 2 aromatic carbocycles. The molecular weight excluding hydrogens is 797 g/mol. The number of hydrogen-bond acceptors (Lipinski definition) is 12. The SMILES string of the molecule is CC(C)c1ccccc1[C@@H]1CCCN1C1CC2(CCN(c3cc(Oc4cnc5[nH]ccc5c4)c(C(=O)NS(=O)(=O)c4ccc(NCC5CC(O)C5)c([N+](=O)[O-])c4)cn3)CC2)C1. The number of nitrogens with one attached hydrogen (secondary N) is 3. The highest BCUT2D eigenvalue weighted by Crippen LogP contribution is 2.54. The number of aromatic nitrogens is 3. The van der Waals surface area contributed by atoms with E-state index in [0.717, 1.165) is 43.9 Å². The van der Waals surface area contributed by atoms with Crippen LogP contribution in [-0.4, -0.2) is 82.5 Å². The zero-order valence-electron chi connectivity index (χ0n) is 34.4. The van der Waals surface area contributed by atoms with Gasteiger partial charge >= 0.3 is 0 Å². The van der Waals surface area contributed by atoms with Crippen LogP contribution in [0.5, 0.6) is 11.5 Å². The first kappa shape index (κ1) is 40.8. The minimum absolute atomic E-state index is 0.0896. The molecule has 1 spiro atoms. The van der Waals surface area contributed by atoms with Gasteiger partial charge in [-0.05, 0) is 111 Å². The van der Waals surface area contributed by atoms with Gasteiger partial charge in [0, 0.05) is 61.6 Å². The molecule has 61 heavy (non-hydrogen) atoms. The number of aromatic amines is 1. The molecule has 0 unspecified atom stereocenters. The van der Waals surface area contributed by atoms with Crippen molar-refractivity contribution in [2.45, 2.75) is 94.2 Å². The molecule has 1 amide bonds. The molecule has 4 fully saturated rings. The van der Waals surface area contributed by atoms with Gasteiger partial charge in [-0.2, -0.15) is 0 Å². The van der Waals surface area contributed by atoms with Crippen molar-refractivity contribution in [2.24, 2.45) is 11.3 Å². The van der Waals surface area contributed by atoms with Crippen LogP contribution in [0.1, 0.15) is 98.7 Å². The van der Waals surface area contributed by atoms with E-state index in [9.17, 15) is 28.4 Å². The minimum atomic E-state index is -4.58. The van der Waals surface area contributed by atoms with E-state index in [2.05, 4.69) is 72.9 Å². The summed E-state index contributed by atoms with van der Waals surface area (Å²) >= 11 is 0. The number of aliphatic hydroxyl groups excluding tert-OH is 1. The second-order valence-electron chi connectivity index (χ2n) is 17.7. The average molecular weight is 849 g/mol. The number of H-pyrrole nitrogens is 1. The normalized spacial score (nSPS) is 21.6. The van der Waals surface area contributed by atoms with E-state index in [1.54, 1.807) is 18.3 Å². The summed E-state index contributed by atoms with van der Waals surface area (Å²) < 4.78 is 35.6. The number of nitro benzene ring substituents is 1. The molecule has 15 nitrogen and oxygen atoms in total. The van der Waals surface area contributed by atoms with Gasteiger partial charge in [0.05, 0.1) is 22.1 Å².